The zero-order valence-electron chi connectivity index (χ0n) is 6.39. The molecule has 1 aliphatic rings. The van der Waals surface area contributed by atoms with Gasteiger partial charge in [0.2, 0.25) is 0 Å². The van der Waals surface area contributed by atoms with E-state index in [1.165, 1.54) is 0 Å². The second kappa shape index (κ2) is 2.86. The van der Waals surface area contributed by atoms with Crippen LogP contribution in [-0.2, 0) is 9.53 Å². The van der Waals surface area contributed by atoms with Crippen LogP contribution in [0.2, 0.25) is 0 Å². The van der Waals surface area contributed by atoms with Crippen LogP contribution in [0, 0.1) is 5.92 Å². The van der Waals surface area contributed by atoms with E-state index in [0.717, 1.165) is 12.8 Å². The van der Waals surface area contributed by atoms with E-state index in [-0.39, 0.29) is 11.9 Å². The standard InChI is InChI=1S/C8H12O2/c1-3-6(2)10-8(9)7-4-5-7/h3,7H,4-5H2,1-2H3/b6-3-. The van der Waals surface area contributed by atoms with Crippen molar-refractivity contribution in [2.24, 2.45) is 5.92 Å². The average molecular weight is 140 g/mol. The second-order valence-corrected chi connectivity index (χ2v) is 2.59. The van der Waals surface area contributed by atoms with Gasteiger partial charge in [-0.1, -0.05) is 0 Å². The summed E-state index contributed by atoms with van der Waals surface area (Å²) in [6.45, 7) is 3.65. The molecular weight excluding hydrogens is 128 g/mol. The topological polar surface area (TPSA) is 26.3 Å². The van der Waals surface area contributed by atoms with Crippen LogP contribution in [0.25, 0.3) is 0 Å². The minimum absolute atomic E-state index is 0.0596. The molecule has 2 nitrogen and oxygen atoms in total. The molecule has 0 bridgehead atoms. The van der Waals surface area contributed by atoms with Crippen molar-refractivity contribution in [3.05, 3.63) is 11.8 Å². The van der Waals surface area contributed by atoms with E-state index in [2.05, 4.69) is 0 Å². The molecule has 0 spiro atoms. The molecule has 1 rings (SSSR count). The first-order chi connectivity index (χ1) is 4.74. The Labute approximate surface area is 60.9 Å². The van der Waals surface area contributed by atoms with E-state index in [1.807, 2.05) is 6.92 Å². The largest absolute Gasteiger partial charge is 0.432 e. The van der Waals surface area contributed by atoms with Crippen LogP contribution in [0.3, 0.4) is 0 Å². The van der Waals surface area contributed by atoms with Crippen molar-refractivity contribution in [3.8, 4) is 0 Å². The lowest BCUT2D eigenvalue weighted by Crippen LogP contribution is -2.04. The third kappa shape index (κ3) is 1.87. The maximum atomic E-state index is 10.9. The monoisotopic (exact) mass is 140 g/mol. The highest BCUT2D eigenvalue weighted by atomic mass is 16.5. The fraction of sp³-hybridized carbons (Fsp3) is 0.625. The number of allylic oxidation sites excluding steroid dienone is 2. The zero-order valence-corrected chi connectivity index (χ0v) is 6.39. The molecule has 0 aliphatic heterocycles. The minimum Gasteiger partial charge on any atom is -0.432 e. The van der Waals surface area contributed by atoms with E-state index in [4.69, 9.17) is 4.74 Å². The van der Waals surface area contributed by atoms with Crippen molar-refractivity contribution >= 4 is 5.97 Å². The molecule has 2 heteroatoms. The molecule has 1 fully saturated rings. The van der Waals surface area contributed by atoms with Crippen molar-refractivity contribution in [3.63, 3.8) is 0 Å². The second-order valence-electron chi connectivity index (χ2n) is 2.59. The number of ether oxygens (including phenoxy) is 1. The third-order valence-electron chi connectivity index (χ3n) is 1.58. The molecule has 1 aliphatic carbocycles. The first-order valence-corrected chi connectivity index (χ1v) is 3.58. The molecule has 0 heterocycles. The maximum absolute atomic E-state index is 10.9. The Balaban J connectivity index is 2.30. The lowest BCUT2D eigenvalue weighted by Gasteiger charge is -2.00. The first kappa shape index (κ1) is 7.32. The van der Waals surface area contributed by atoms with Crippen molar-refractivity contribution in [2.45, 2.75) is 26.7 Å². The van der Waals surface area contributed by atoms with Crippen LogP contribution in [0.5, 0.6) is 0 Å². The number of hydrogen-bond acceptors (Lipinski definition) is 2. The maximum Gasteiger partial charge on any atom is 0.313 e. The summed E-state index contributed by atoms with van der Waals surface area (Å²) < 4.78 is 4.95. The molecule has 0 N–H and O–H groups in total. The van der Waals surface area contributed by atoms with Gasteiger partial charge in [-0.05, 0) is 32.8 Å². The first-order valence-electron chi connectivity index (χ1n) is 3.58. The molecule has 10 heavy (non-hydrogen) atoms. The number of carbonyl (C=O) groups excluding carboxylic acids is 1. The normalized spacial score (nSPS) is 18.8. The van der Waals surface area contributed by atoms with E-state index in [1.54, 1.807) is 13.0 Å². The molecule has 0 radical (unpaired) electrons. The van der Waals surface area contributed by atoms with Gasteiger partial charge in [-0.15, -0.1) is 0 Å². The predicted octanol–water partition coefficient (Wildman–Crippen LogP) is 1.86. The van der Waals surface area contributed by atoms with Crippen molar-refractivity contribution in [1.29, 1.82) is 0 Å². The number of esters is 1. The Hall–Kier alpha value is -0.790. The van der Waals surface area contributed by atoms with Gasteiger partial charge in [-0.3, -0.25) is 4.79 Å². The van der Waals surface area contributed by atoms with Gasteiger partial charge in [0.25, 0.3) is 0 Å². The minimum atomic E-state index is -0.0596. The molecule has 0 unspecified atom stereocenters. The van der Waals surface area contributed by atoms with Gasteiger partial charge in [0.15, 0.2) is 0 Å². The summed E-state index contributed by atoms with van der Waals surface area (Å²) in [7, 11) is 0. The Morgan fingerprint density at radius 2 is 2.20 bits per heavy atom. The Kier molecular flexibility index (Phi) is 2.10. The highest BCUT2D eigenvalue weighted by molar-refractivity contribution is 5.75. The number of hydrogen-bond donors (Lipinski definition) is 0. The summed E-state index contributed by atoms with van der Waals surface area (Å²) in [5.74, 6) is 0.849. The molecule has 0 saturated heterocycles. The molecule has 0 aromatic heterocycles. The number of carbonyl (C=O) groups is 1. The molecule has 1 saturated carbocycles. The molecule has 0 amide bonds. The van der Waals surface area contributed by atoms with Crippen LogP contribution < -0.4 is 0 Å². The summed E-state index contributed by atoms with van der Waals surface area (Å²) in [4.78, 5) is 10.9. The summed E-state index contributed by atoms with van der Waals surface area (Å²) >= 11 is 0. The van der Waals surface area contributed by atoms with Crippen LogP contribution in [0.15, 0.2) is 11.8 Å². The Morgan fingerprint density at radius 1 is 1.60 bits per heavy atom. The van der Waals surface area contributed by atoms with Gasteiger partial charge in [-0.2, -0.15) is 0 Å². The lowest BCUT2D eigenvalue weighted by atomic mass is 10.4. The summed E-state index contributed by atoms with van der Waals surface area (Å²) in [6, 6.07) is 0. The van der Waals surface area contributed by atoms with Crippen LogP contribution in [0.4, 0.5) is 0 Å². The quantitative estimate of drug-likeness (QED) is 0.432. The predicted molar refractivity (Wildman–Crippen MR) is 38.2 cm³/mol. The van der Waals surface area contributed by atoms with Gasteiger partial charge < -0.3 is 4.74 Å². The highest BCUT2D eigenvalue weighted by Gasteiger charge is 2.31. The average Bonchev–Trinajstić information content (AvgIpc) is 2.68. The van der Waals surface area contributed by atoms with E-state index in [0.29, 0.717) is 5.76 Å². The number of rotatable bonds is 2. The van der Waals surface area contributed by atoms with Crippen molar-refractivity contribution in [1.82, 2.24) is 0 Å². The van der Waals surface area contributed by atoms with Gasteiger partial charge in [0.1, 0.15) is 5.76 Å². The van der Waals surface area contributed by atoms with E-state index < -0.39 is 0 Å². The lowest BCUT2D eigenvalue weighted by molar-refractivity contribution is -0.140. The van der Waals surface area contributed by atoms with Crippen molar-refractivity contribution in [2.75, 3.05) is 0 Å². The molecular formula is C8H12O2. The Bertz CT molecular complexity index is 166. The van der Waals surface area contributed by atoms with Gasteiger partial charge in [0.05, 0.1) is 5.92 Å². The summed E-state index contributed by atoms with van der Waals surface area (Å²) in [6.07, 6.45) is 3.81. The highest BCUT2D eigenvalue weighted by Crippen LogP contribution is 2.30. The van der Waals surface area contributed by atoms with Gasteiger partial charge >= 0.3 is 5.97 Å². The van der Waals surface area contributed by atoms with Crippen molar-refractivity contribution < 1.29 is 9.53 Å². The molecule has 0 aromatic rings. The summed E-state index contributed by atoms with van der Waals surface area (Å²) in [5, 5.41) is 0. The molecule has 0 aromatic carbocycles. The fourth-order valence-electron chi connectivity index (χ4n) is 0.620. The molecule has 56 valence electrons. The SMILES string of the molecule is C/C=C(/C)OC(=O)C1CC1. The summed E-state index contributed by atoms with van der Waals surface area (Å²) in [5.41, 5.74) is 0. The fourth-order valence-corrected chi connectivity index (χ4v) is 0.620. The zero-order chi connectivity index (χ0) is 7.56. The van der Waals surface area contributed by atoms with Crippen LogP contribution in [-0.4, -0.2) is 5.97 Å². The molecule has 0 atom stereocenters. The Morgan fingerprint density at radius 3 is 2.60 bits per heavy atom. The smallest absolute Gasteiger partial charge is 0.313 e. The van der Waals surface area contributed by atoms with Crippen LogP contribution in [0.1, 0.15) is 26.7 Å². The van der Waals surface area contributed by atoms with Gasteiger partial charge in [0, 0.05) is 0 Å². The van der Waals surface area contributed by atoms with Crippen LogP contribution >= 0.6 is 0 Å². The third-order valence-corrected chi connectivity index (χ3v) is 1.58. The van der Waals surface area contributed by atoms with E-state index >= 15 is 0 Å². The van der Waals surface area contributed by atoms with E-state index in [9.17, 15) is 4.79 Å². The van der Waals surface area contributed by atoms with Gasteiger partial charge in [-0.25, -0.2) is 0 Å².